The summed E-state index contributed by atoms with van der Waals surface area (Å²) in [6, 6.07) is 3.02. The van der Waals surface area contributed by atoms with E-state index in [9.17, 15) is 4.39 Å². The van der Waals surface area contributed by atoms with E-state index in [0.717, 1.165) is 13.0 Å². The highest BCUT2D eigenvalue weighted by Crippen LogP contribution is 2.26. The van der Waals surface area contributed by atoms with Crippen LogP contribution in [0.4, 0.5) is 15.8 Å². The molecule has 3 N–H and O–H groups in total. The Morgan fingerprint density at radius 2 is 2.06 bits per heavy atom. The molecule has 0 spiro atoms. The molecular weight excluding hydrogens is 271 g/mol. The molecule has 0 radical (unpaired) electrons. The van der Waals surface area contributed by atoms with Gasteiger partial charge in [-0.1, -0.05) is 26.2 Å². The van der Waals surface area contributed by atoms with Crippen LogP contribution in [0.25, 0.3) is 0 Å². The van der Waals surface area contributed by atoms with Gasteiger partial charge in [-0.05, 0) is 28.4 Å². The van der Waals surface area contributed by atoms with E-state index in [4.69, 9.17) is 5.73 Å². The molecule has 0 aliphatic rings. The van der Waals surface area contributed by atoms with Crippen LogP contribution in [0.5, 0.6) is 0 Å². The van der Waals surface area contributed by atoms with E-state index >= 15 is 0 Å². The SMILES string of the molecule is CCCCCCNc1cc(F)c(Br)cc1N. The Morgan fingerprint density at radius 3 is 2.75 bits per heavy atom. The summed E-state index contributed by atoms with van der Waals surface area (Å²) in [5.41, 5.74) is 7.02. The molecule has 0 aliphatic carbocycles. The number of hydrogen-bond donors (Lipinski definition) is 2. The van der Waals surface area contributed by atoms with Crippen molar-refractivity contribution in [1.29, 1.82) is 0 Å². The first kappa shape index (κ1) is 13.3. The summed E-state index contributed by atoms with van der Waals surface area (Å²) in [5, 5.41) is 3.15. The maximum Gasteiger partial charge on any atom is 0.139 e. The molecule has 0 unspecified atom stereocenters. The minimum absolute atomic E-state index is 0.287. The second kappa shape index (κ2) is 6.74. The van der Waals surface area contributed by atoms with E-state index in [2.05, 4.69) is 28.2 Å². The van der Waals surface area contributed by atoms with Crippen molar-refractivity contribution in [1.82, 2.24) is 0 Å². The van der Waals surface area contributed by atoms with Crippen LogP contribution in [0.15, 0.2) is 16.6 Å². The first-order valence-electron chi connectivity index (χ1n) is 5.63. The average Bonchev–Trinajstić information content (AvgIpc) is 2.25. The number of hydrogen-bond acceptors (Lipinski definition) is 2. The van der Waals surface area contributed by atoms with Crippen LogP contribution < -0.4 is 11.1 Å². The topological polar surface area (TPSA) is 38.0 Å². The Labute approximate surface area is 105 Å². The summed E-state index contributed by atoms with van der Waals surface area (Å²) < 4.78 is 13.7. The van der Waals surface area contributed by atoms with Gasteiger partial charge in [-0.15, -0.1) is 0 Å². The molecule has 2 nitrogen and oxygen atoms in total. The zero-order chi connectivity index (χ0) is 12.0. The van der Waals surface area contributed by atoms with Crippen molar-refractivity contribution in [3.05, 3.63) is 22.4 Å². The molecule has 0 heterocycles. The maximum absolute atomic E-state index is 13.2. The van der Waals surface area contributed by atoms with Crippen LogP contribution in [0, 0.1) is 5.82 Å². The first-order valence-corrected chi connectivity index (χ1v) is 6.42. The lowest BCUT2D eigenvalue weighted by Gasteiger charge is -2.10. The third-order valence-corrected chi connectivity index (χ3v) is 3.05. The largest absolute Gasteiger partial charge is 0.397 e. The Morgan fingerprint density at radius 1 is 1.31 bits per heavy atom. The molecular formula is C12H18BrFN2. The van der Waals surface area contributed by atoms with Crippen molar-refractivity contribution >= 4 is 27.3 Å². The highest BCUT2D eigenvalue weighted by molar-refractivity contribution is 9.10. The Kier molecular flexibility index (Phi) is 5.60. The second-order valence-corrected chi connectivity index (χ2v) is 4.70. The quantitative estimate of drug-likeness (QED) is 0.609. The van der Waals surface area contributed by atoms with Crippen LogP contribution in [0.1, 0.15) is 32.6 Å². The molecule has 16 heavy (non-hydrogen) atoms. The van der Waals surface area contributed by atoms with Gasteiger partial charge >= 0.3 is 0 Å². The number of unbranched alkanes of at least 4 members (excludes halogenated alkanes) is 3. The monoisotopic (exact) mass is 288 g/mol. The fourth-order valence-electron chi connectivity index (χ4n) is 1.49. The molecule has 1 aromatic carbocycles. The molecule has 1 rings (SSSR count). The highest BCUT2D eigenvalue weighted by atomic mass is 79.9. The molecule has 0 atom stereocenters. The first-order chi connectivity index (χ1) is 7.65. The normalized spacial score (nSPS) is 10.4. The number of nitrogen functional groups attached to an aromatic ring is 1. The van der Waals surface area contributed by atoms with Gasteiger partial charge in [0.15, 0.2) is 0 Å². The van der Waals surface area contributed by atoms with E-state index in [1.165, 1.54) is 25.3 Å². The van der Waals surface area contributed by atoms with Crippen LogP contribution >= 0.6 is 15.9 Å². The van der Waals surface area contributed by atoms with Gasteiger partial charge in [-0.2, -0.15) is 0 Å². The lowest BCUT2D eigenvalue weighted by atomic mass is 10.2. The molecule has 0 bridgehead atoms. The maximum atomic E-state index is 13.2. The van der Waals surface area contributed by atoms with E-state index in [-0.39, 0.29) is 5.82 Å². The van der Waals surface area contributed by atoms with Crippen molar-refractivity contribution < 1.29 is 4.39 Å². The lowest BCUT2D eigenvalue weighted by molar-refractivity contribution is 0.621. The van der Waals surface area contributed by atoms with Crippen molar-refractivity contribution in [3.8, 4) is 0 Å². The minimum atomic E-state index is -0.287. The number of benzene rings is 1. The van der Waals surface area contributed by atoms with Crippen LogP contribution in [0.2, 0.25) is 0 Å². The van der Waals surface area contributed by atoms with Crippen molar-refractivity contribution in [2.45, 2.75) is 32.6 Å². The van der Waals surface area contributed by atoms with Gasteiger partial charge in [0.25, 0.3) is 0 Å². The summed E-state index contributed by atoms with van der Waals surface area (Å²) in [6.45, 7) is 3.01. The van der Waals surface area contributed by atoms with E-state index in [1.54, 1.807) is 6.07 Å². The van der Waals surface area contributed by atoms with Crippen molar-refractivity contribution in [3.63, 3.8) is 0 Å². The predicted molar refractivity (Wildman–Crippen MR) is 71.1 cm³/mol. The smallest absolute Gasteiger partial charge is 0.139 e. The summed E-state index contributed by atoms with van der Waals surface area (Å²) in [5.74, 6) is -0.287. The van der Waals surface area contributed by atoms with Gasteiger partial charge in [-0.3, -0.25) is 0 Å². The molecule has 0 fully saturated rings. The summed E-state index contributed by atoms with van der Waals surface area (Å²) in [6.07, 6.45) is 4.74. The zero-order valence-corrected chi connectivity index (χ0v) is 11.1. The molecule has 0 aromatic heterocycles. The predicted octanol–water partition coefficient (Wildman–Crippen LogP) is 4.16. The second-order valence-electron chi connectivity index (χ2n) is 3.84. The summed E-state index contributed by atoms with van der Waals surface area (Å²) in [7, 11) is 0. The Bertz CT molecular complexity index is 342. The van der Waals surface area contributed by atoms with Crippen LogP contribution in [-0.2, 0) is 0 Å². The third kappa shape index (κ3) is 4.00. The zero-order valence-electron chi connectivity index (χ0n) is 9.52. The van der Waals surface area contributed by atoms with Gasteiger partial charge in [0, 0.05) is 12.6 Å². The van der Waals surface area contributed by atoms with Gasteiger partial charge in [0.2, 0.25) is 0 Å². The summed E-state index contributed by atoms with van der Waals surface area (Å²) >= 11 is 3.10. The fraction of sp³-hybridized carbons (Fsp3) is 0.500. The van der Waals surface area contributed by atoms with Crippen LogP contribution in [-0.4, -0.2) is 6.54 Å². The van der Waals surface area contributed by atoms with E-state index in [0.29, 0.717) is 15.8 Å². The summed E-state index contributed by atoms with van der Waals surface area (Å²) in [4.78, 5) is 0. The number of rotatable bonds is 6. The highest BCUT2D eigenvalue weighted by Gasteiger charge is 2.04. The standard InChI is InChI=1S/C12H18BrFN2/c1-2-3-4-5-6-16-12-8-10(14)9(13)7-11(12)15/h7-8,16H,2-6,15H2,1H3. The molecule has 4 heteroatoms. The fourth-order valence-corrected chi connectivity index (χ4v) is 1.85. The molecule has 0 saturated carbocycles. The molecule has 0 amide bonds. The number of nitrogens with one attached hydrogen (secondary N) is 1. The van der Waals surface area contributed by atoms with Gasteiger partial charge in [0.05, 0.1) is 15.8 Å². The number of halogens is 2. The van der Waals surface area contributed by atoms with E-state index < -0.39 is 0 Å². The third-order valence-electron chi connectivity index (χ3n) is 2.44. The minimum Gasteiger partial charge on any atom is -0.397 e. The van der Waals surface area contributed by atoms with Gasteiger partial charge in [-0.25, -0.2) is 4.39 Å². The van der Waals surface area contributed by atoms with Crippen LogP contribution in [0.3, 0.4) is 0 Å². The molecule has 0 aliphatic heterocycles. The Balaban J connectivity index is 2.45. The van der Waals surface area contributed by atoms with Crippen molar-refractivity contribution in [2.75, 3.05) is 17.6 Å². The molecule has 90 valence electrons. The number of nitrogens with two attached hydrogens (primary N) is 1. The number of anilines is 2. The lowest BCUT2D eigenvalue weighted by Crippen LogP contribution is -2.04. The molecule has 1 aromatic rings. The van der Waals surface area contributed by atoms with Crippen molar-refractivity contribution in [2.24, 2.45) is 0 Å². The van der Waals surface area contributed by atoms with Gasteiger partial charge in [0.1, 0.15) is 5.82 Å². The molecule has 0 saturated heterocycles. The average molecular weight is 289 g/mol. The van der Waals surface area contributed by atoms with E-state index in [1.807, 2.05) is 0 Å². The van der Waals surface area contributed by atoms with Gasteiger partial charge < -0.3 is 11.1 Å². The Hall–Kier alpha value is -0.770.